The van der Waals surface area contributed by atoms with E-state index in [1.807, 2.05) is 13.0 Å². The largest absolute Gasteiger partial charge is 0.337 e. The van der Waals surface area contributed by atoms with Gasteiger partial charge in [0.05, 0.1) is 10.2 Å². The quantitative estimate of drug-likeness (QED) is 0.869. The molecule has 0 radical (unpaired) electrons. The summed E-state index contributed by atoms with van der Waals surface area (Å²) in [7, 11) is 0. The molecule has 0 aliphatic carbocycles. The minimum absolute atomic E-state index is 0.301. The number of anilines is 2. The predicted octanol–water partition coefficient (Wildman–Crippen LogP) is 4.69. The van der Waals surface area contributed by atoms with Crippen LogP contribution in [-0.2, 0) is 0 Å². The van der Waals surface area contributed by atoms with Crippen LogP contribution in [0.3, 0.4) is 0 Å². The average molecular weight is 316 g/mol. The number of pyridine rings is 1. The lowest BCUT2D eigenvalue weighted by Crippen LogP contribution is -1.97. The highest BCUT2D eigenvalue weighted by molar-refractivity contribution is 9.10. The molecule has 0 amide bonds. The lowest BCUT2D eigenvalue weighted by atomic mass is 10.3. The van der Waals surface area contributed by atoms with Crippen LogP contribution >= 0.6 is 27.5 Å². The van der Waals surface area contributed by atoms with E-state index >= 15 is 0 Å². The predicted molar refractivity (Wildman–Crippen MR) is 71.4 cm³/mol. The summed E-state index contributed by atoms with van der Waals surface area (Å²) in [5.41, 5.74) is 1.32. The fraction of sp³-hybridized carbons (Fsp3) is 0.0833. The molecule has 0 aliphatic rings. The number of aromatic nitrogens is 1. The van der Waals surface area contributed by atoms with Gasteiger partial charge in [-0.05, 0) is 52.7 Å². The molecule has 88 valence electrons. The highest BCUT2D eigenvalue weighted by Gasteiger charge is 2.06. The molecule has 0 atom stereocenters. The van der Waals surface area contributed by atoms with Crippen LogP contribution in [0.1, 0.15) is 5.56 Å². The van der Waals surface area contributed by atoms with Crippen molar-refractivity contribution in [2.24, 2.45) is 0 Å². The molecule has 0 fully saturated rings. The van der Waals surface area contributed by atoms with Crippen LogP contribution in [0, 0.1) is 12.7 Å². The Morgan fingerprint density at radius 2 is 2.12 bits per heavy atom. The molecular formula is C12H9BrClFN2. The van der Waals surface area contributed by atoms with Gasteiger partial charge in [-0.2, -0.15) is 0 Å². The number of nitrogens with zero attached hydrogens (tertiary/aromatic N) is 1. The fourth-order valence-corrected chi connectivity index (χ4v) is 2.08. The van der Waals surface area contributed by atoms with Gasteiger partial charge in [0.1, 0.15) is 11.6 Å². The zero-order valence-corrected chi connectivity index (χ0v) is 11.3. The highest BCUT2D eigenvalue weighted by atomic mass is 79.9. The van der Waals surface area contributed by atoms with Crippen molar-refractivity contribution in [3.8, 4) is 0 Å². The number of hydrogen-bond donors (Lipinski definition) is 1. The van der Waals surface area contributed by atoms with E-state index in [9.17, 15) is 4.39 Å². The maximum Gasteiger partial charge on any atom is 0.146 e. The van der Waals surface area contributed by atoms with Gasteiger partial charge in [-0.1, -0.05) is 11.6 Å². The molecule has 2 nitrogen and oxygen atoms in total. The molecule has 0 saturated carbocycles. The van der Waals surface area contributed by atoms with Crippen LogP contribution in [0.25, 0.3) is 0 Å². The van der Waals surface area contributed by atoms with E-state index in [1.54, 1.807) is 6.20 Å². The van der Waals surface area contributed by atoms with Gasteiger partial charge < -0.3 is 5.32 Å². The molecule has 2 aromatic rings. The molecule has 1 N–H and O–H groups in total. The van der Waals surface area contributed by atoms with Crippen molar-refractivity contribution in [1.82, 2.24) is 4.98 Å². The monoisotopic (exact) mass is 314 g/mol. The molecule has 0 bridgehead atoms. The lowest BCUT2D eigenvalue weighted by molar-refractivity contribution is 0.632. The van der Waals surface area contributed by atoms with Crippen LogP contribution in [0.4, 0.5) is 15.9 Å². The molecule has 5 heteroatoms. The fourth-order valence-electron chi connectivity index (χ4n) is 1.35. The lowest BCUT2D eigenvalue weighted by Gasteiger charge is -2.09. The number of rotatable bonds is 2. The van der Waals surface area contributed by atoms with Gasteiger partial charge >= 0.3 is 0 Å². The smallest absolute Gasteiger partial charge is 0.146 e. The van der Waals surface area contributed by atoms with E-state index in [0.717, 1.165) is 10.0 Å². The first-order chi connectivity index (χ1) is 8.06. The molecule has 17 heavy (non-hydrogen) atoms. The summed E-state index contributed by atoms with van der Waals surface area (Å²) in [4.78, 5) is 4.18. The van der Waals surface area contributed by atoms with Gasteiger partial charge in [0.15, 0.2) is 0 Å². The van der Waals surface area contributed by atoms with E-state index in [4.69, 9.17) is 11.6 Å². The minimum atomic E-state index is -0.372. The van der Waals surface area contributed by atoms with Crippen molar-refractivity contribution in [3.05, 3.63) is 51.3 Å². The molecule has 1 aromatic heterocycles. The maximum absolute atomic E-state index is 13.5. The number of hydrogen-bond acceptors (Lipinski definition) is 2. The Labute approximate surface area is 112 Å². The van der Waals surface area contributed by atoms with Gasteiger partial charge in [-0.3, -0.25) is 0 Å². The Kier molecular flexibility index (Phi) is 3.64. The average Bonchev–Trinajstić information content (AvgIpc) is 2.27. The number of benzene rings is 1. The third-order valence-electron chi connectivity index (χ3n) is 2.16. The first kappa shape index (κ1) is 12.3. The highest BCUT2D eigenvalue weighted by Crippen LogP contribution is 2.27. The third kappa shape index (κ3) is 2.96. The van der Waals surface area contributed by atoms with Crippen LogP contribution in [-0.4, -0.2) is 4.98 Å². The van der Waals surface area contributed by atoms with Gasteiger partial charge in [-0.15, -0.1) is 0 Å². The summed E-state index contributed by atoms with van der Waals surface area (Å²) in [5, 5.41) is 3.36. The van der Waals surface area contributed by atoms with Crippen LogP contribution in [0.2, 0.25) is 5.02 Å². The SMILES string of the molecule is Cc1cnc(Nc2cc(Cl)ccc2F)c(Br)c1. The van der Waals surface area contributed by atoms with Gasteiger partial charge in [0.25, 0.3) is 0 Å². The molecule has 0 spiro atoms. The van der Waals surface area contributed by atoms with Crippen molar-refractivity contribution in [1.29, 1.82) is 0 Å². The Balaban J connectivity index is 2.34. The Hall–Kier alpha value is -1.13. The second kappa shape index (κ2) is 5.02. The topological polar surface area (TPSA) is 24.9 Å². The molecule has 1 heterocycles. The van der Waals surface area contributed by atoms with Gasteiger partial charge in [-0.25, -0.2) is 9.37 Å². The summed E-state index contributed by atoms with van der Waals surface area (Å²) in [6.07, 6.45) is 1.70. The van der Waals surface area contributed by atoms with Crippen molar-refractivity contribution in [3.63, 3.8) is 0 Å². The summed E-state index contributed by atoms with van der Waals surface area (Å²) >= 11 is 9.18. The normalized spacial score (nSPS) is 10.4. The van der Waals surface area contributed by atoms with Gasteiger partial charge in [0, 0.05) is 11.2 Å². The first-order valence-electron chi connectivity index (χ1n) is 4.90. The van der Waals surface area contributed by atoms with Crippen LogP contribution < -0.4 is 5.32 Å². The number of halogens is 3. The zero-order valence-electron chi connectivity index (χ0n) is 8.97. The zero-order chi connectivity index (χ0) is 12.4. The molecule has 0 aliphatic heterocycles. The molecule has 0 unspecified atom stereocenters. The maximum atomic E-state index is 13.5. The Bertz CT molecular complexity index is 560. The summed E-state index contributed by atoms with van der Waals surface area (Å²) in [6.45, 7) is 1.93. The van der Waals surface area contributed by atoms with E-state index in [-0.39, 0.29) is 5.82 Å². The van der Waals surface area contributed by atoms with Gasteiger partial charge in [0.2, 0.25) is 0 Å². The van der Waals surface area contributed by atoms with Crippen molar-refractivity contribution in [2.45, 2.75) is 6.92 Å². The number of nitrogens with one attached hydrogen (secondary N) is 1. The Morgan fingerprint density at radius 3 is 2.82 bits per heavy atom. The van der Waals surface area contributed by atoms with Crippen LogP contribution in [0.15, 0.2) is 34.9 Å². The third-order valence-corrected chi connectivity index (χ3v) is 3.00. The van der Waals surface area contributed by atoms with Crippen molar-refractivity contribution < 1.29 is 4.39 Å². The standard InChI is InChI=1S/C12H9BrClFN2/c1-7-4-9(13)12(16-6-7)17-11-5-8(14)2-3-10(11)15/h2-6H,1H3,(H,16,17). The molecule has 1 aromatic carbocycles. The molecule has 0 saturated heterocycles. The minimum Gasteiger partial charge on any atom is -0.337 e. The number of aryl methyl sites for hydroxylation is 1. The summed E-state index contributed by atoms with van der Waals surface area (Å²) < 4.78 is 14.3. The summed E-state index contributed by atoms with van der Waals surface area (Å²) in [5.74, 6) is 0.181. The summed E-state index contributed by atoms with van der Waals surface area (Å²) in [6, 6.07) is 6.23. The van der Waals surface area contributed by atoms with Crippen LogP contribution in [0.5, 0.6) is 0 Å². The van der Waals surface area contributed by atoms with E-state index < -0.39 is 0 Å². The second-order valence-electron chi connectivity index (χ2n) is 3.59. The van der Waals surface area contributed by atoms with Crippen molar-refractivity contribution in [2.75, 3.05) is 5.32 Å². The van der Waals surface area contributed by atoms with E-state index in [2.05, 4.69) is 26.2 Å². The van der Waals surface area contributed by atoms with E-state index in [1.165, 1.54) is 18.2 Å². The van der Waals surface area contributed by atoms with E-state index in [0.29, 0.717) is 16.5 Å². The molecule has 2 rings (SSSR count). The first-order valence-corrected chi connectivity index (χ1v) is 6.07. The second-order valence-corrected chi connectivity index (χ2v) is 4.88. The van der Waals surface area contributed by atoms with Crippen molar-refractivity contribution >= 4 is 39.0 Å². The molecular weight excluding hydrogens is 307 g/mol. The Morgan fingerprint density at radius 1 is 1.35 bits per heavy atom.